The number of hydrogen-bond acceptors (Lipinski definition) is 1. The molecule has 0 aliphatic heterocycles. The van der Waals surface area contributed by atoms with E-state index in [4.69, 9.17) is 5.73 Å². The minimum Gasteiger partial charge on any atom is -0.321 e. The monoisotopic (exact) mass is 287 g/mol. The van der Waals surface area contributed by atoms with E-state index in [-0.39, 0.29) is 12.1 Å². The maximum atomic E-state index is 13.5. The van der Waals surface area contributed by atoms with Gasteiger partial charge in [0.15, 0.2) is 0 Å². The highest BCUT2D eigenvalue weighted by atomic mass is 19.4. The SMILES string of the molecule is C=C[C@@H](N)c1c(F)cc(C(F)(F)F)cc1C(F)(F)F. The molecular weight excluding hydrogens is 279 g/mol. The minimum atomic E-state index is -5.15. The molecule has 0 saturated carbocycles. The van der Waals surface area contributed by atoms with Crippen LogP contribution in [-0.2, 0) is 12.4 Å². The predicted octanol–water partition coefficient (Wildman–Crippen LogP) is 4.05. The first-order valence-corrected chi connectivity index (χ1v) is 4.84. The molecule has 0 fully saturated rings. The summed E-state index contributed by atoms with van der Waals surface area (Å²) < 4.78 is 88.6. The normalized spacial score (nSPS) is 14.3. The molecular formula is C11H8F7N. The van der Waals surface area contributed by atoms with Crippen LogP contribution in [0.1, 0.15) is 22.7 Å². The van der Waals surface area contributed by atoms with Crippen molar-refractivity contribution in [3.05, 3.63) is 47.3 Å². The Balaban J connectivity index is 3.62. The summed E-state index contributed by atoms with van der Waals surface area (Å²) in [6, 6.07) is -1.74. The Morgan fingerprint density at radius 2 is 1.58 bits per heavy atom. The van der Waals surface area contributed by atoms with Crippen LogP contribution < -0.4 is 5.73 Å². The fraction of sp³-hybridized carbons (Fsp3) is 0.273. The Morgan fingerprint density at radius 3 is 1.95 bits per heavy atom. The van der Waals surface area contributed by atoms with E-state index >= 15 is 0 Å². The fourth-order valence-electron chi connectivity index (χ4n) is 1.47. The lowest BCUT2D eigenvalue weighted by Gasteiger charge is -2.19. The van der Waals surface area contributed by atoms with E-state index in [0.717, 1.165) is 6.08 Å². The third-order valence-corrected chi connectivity index (χ3v) is 2.35. The van der Waals surface area contributed by atoms with Crippen LogP contribution in [0, 0.1) is 5.82 Å². The van der Waals surface area contributed by atoms with Gasteiger partial charge >= 0.3 is 12.4 Å². The van der Waals surface area contributed by atoms with Crippen LogP contribution in [0.5, 0.6) is 0 Å². The summed E-state index contributed by atoms with van der Waals surface area (Å²) in [6.45, 7) is 3.09. The first-order valence-electron chi connectivity index (χ1n) is 4.84. The average Bonchev–Trinajstić information content (AvgIpc) is 2.24. The van der Waals surface area contributed by atoms with Gasteiger partial charge in [-0.2, -0.15) is 26.3 Å². The third-order valence-electron chi connectivity index (χ3n) is 2.35. The predicted molar refractivity (Wildman–Crippen MR) is 53.5 cm³/mol. The zero-order valence-corrected chi connectivity index (χ0v) is 9.24. The molecule has 1 atom stereocenters. The second kappa shape index (κ2) is 4.84. The van der Waals surface area contributed by atoms with Crippen LogP contribution >= 0.6 is 0 Å². The van der Waals surface area contributed by atoms with Gasteiger partial charge in [0.2, 0.25) is 0 Å². The topological polar surface area (TPSA) is 26.0 Å². The van der Waals surface area contributed by atoms with Gasteiger partial charge in [-0.05, 0) is 12.1 Å². The number of nitrogens with two attached hydrogens (primary N) is 1. The van der Waals surface area contributed by atoms with Gasteiger partial charge in [-0.3, -0.25) is 0 Å². The number of halogens is 7. The van der Waals surface area contributed by atoms with Crippen LogP contribution in [0.25, 0.3) is 0 Å². The molecule has 0 bridgehead atoms. The van der Waals surface area contributed by atoms with Crippen LogP contribution in [0.15, 0.2) is 24.8 Å². The second-order valence-electron chi connectivity index (χ2n) is 3.68. The van der Waals surface area contributed by atoms with Crippen molar-refractivity contribution in [1.82, 2.24) is 0 Å². The van der Waals surface area contributed by atoms with Crippen molar-refractivity contribution in [1.29, 1.82) is 0 Å². The van der Waals surface area contributed by atoms with Gasteiger partial charge in [-0.1, -0.05) is 6.08 Å². The molecule has 0 amide bonds. The van der Waals surface area contributed by atoms with E-state index < -0.39 is 40.9 Å². The molecule has 0 spiro atoms. The second-order valence-corrected chi connectivity index (χ2v) is 3.68. The average molecular weight is 287 g/mol. The number of hydrogen-bond donors (Lipinski definition) is 1. The number of alkyl halides is 6. The van der Waals surface area contributed by atoms with Gasteiger partial charge < -0.3 is 5.73 Å². The summed E-state index contributed by atoms with van der Waals surface area (Å²) >= 11 is 0. The van der Waals surface area contributed by atoms with Crippen molar-refractivity contribution in [3.63, 3.8) is 0 Å². The molecule has 0 unspecified atom stereocenters. The van der Waals surface area contributed by atoms with E-state index in [0.29, 0.717) is 0 Å². The quantitative estimate of drug-likeness (QED) is 0.644. The lowest BCUT2D eigenvalue weighted by atomic mass is 9.97. The molecule has 1 aromatic rings. The molecule has 8 heteroatoms. The van der Waals surface area contributed by atoms with Crippen LogP contribution in [0.2, 0.25) is 0 Å². The van der Waals surface area contributed by atoms with Crippen molar-refractivity contribution < 1.29 is 30.7 Å². The first kappa shape index (κ1) is 15.5. The van der Waals surface area contributed by atoms with Crippen molar-refractivity contribution in [3.8, 4) is 0 Å². The molecule has 19 heavy (non-hydrogen) atoms. The van der Waals surface area contributed by atoms with Gasteiger partial charge in [-0.15, -0.1) is 6.58 Å². The Morgan fingerprint density at radius 1 is 1.05 bits per heavy atom. The maximum absolute atomic E-state index is 13.5. The van der Waals surface area contributed by atoms with Crippen molar-refractivity contribution in [2.45, 2.75) is 18.4 Å². The van der Waals surface area contributed by atoms with Crippen molar-refractivity contribution >= 4 is 0 Å². The Hall–Kier alpha value is -1.57. The minimum absolute atomic E-state index is 0.0199. The molecule has 2 N–H and O–H groups in total. The summed E-state index contributed by atoms with van der Waals surface area (Å²) in [5.74, 6) is -1.67. The Bertz CT molecular complexity index is 487. The highest BCUT2D eigenvalue weighted by molar-refractivity contribution is 5.40. The van der Waals surface area contributed by atoms with E-state index in [1.165, 1.54) is 0 Å². The van der Waals surface area contributed by atoms with Gasteiger partial charge in [0, 0.05) is 5.56 Å². The Labute approximate surface area is 103 Å². The Kier molecular flexibility index (Phi) is 3.94. The van der Waals surface area contributed by atoms with E-state index in [1.54, 1.807) is 0 Å². The number of rotatable bonds is 2. The molecule has 1 aromatic carbocycles. The summed E-state index contributed by atoms with van der Waals surface area (Å²) in [7, 11) is 0. The summed E-state index contributed by atoms with van der Waals surface area (Å²) in [6.07, 6.45) is -9.43. The van der Waals surface area contributed by atoms with Gasteiger partial charge in [0.25, 0.3) is 0 Å². The van der Waals surface area contributed by atoms with Gasteiger partial charge in [0.1, 0.15) is 5.82 Å². The summed E-state index contributed by atoms with van der Waals surface area (Å²) in [5.41, 5.74) is 0.671. The zero-order valence-electron chi connectivity index (χ0n) is 9.24. The molecule has 1 rings (SSSR count). The van der Waals surface area contributed by atoms with Crippen molar-refractivity contribution in [2.75, 3.05) is 0 Å². The third kappa shape index (κ3) is 3.25. The maximum Gasteiger partial charge on any atom is 0.416 e. The molecule has 0 heterocycles. The standard InChI is InChI=1S/C11H8F7N/c1-2-8(19)9-6(11(16,17)18)3-5(4-7(9)12)10(13,14)15/h2-4,8H,1,19H2/t8-/m1/s1. The number of benzene rings is 1. The highest BCUT2D eigenvalue weighted by Crippen LogP contribution is 2.40. The molecule has 0 aliphatic carbocycles. The molecule has 0 aliphatic rings. The largest absolute Gasteiger partial charge is 0.416 e. The lowest BCUT2D eigenvalue weighted by molar-refractivity contribution is -0.143. The molecule has 0 aromatic heterocycles. The van der Waals surface area contributed by atoms with Gasteiger partial charge in [-0.25, -0.2) is 4.39 Å². The van der Waals surface area contributed by atoms with E-state index in [9.17, 15) is 30.7 Å². The first-order chi connectivity index (χ1) is 8.48. The smallest absolute Gasteiger partial charge is 0.321 e. The molecule has 106 valence electrons. The molecule has 0 saturated heterocycles. The zero-order chi connectivity index (χ0) is 15.0. The summed E-state index contributed by atoms with van der Waals surface area (Å²) in [4.78, 5) is 0. The molecule has 0 radical (unpaired) electrons. The fourth-order valence-corrected chi connectivity index (χ4v) is 1.47. The van der Waals surface area contributed by atoms with E-state index in [2.05, 4.69) is 6.58 Å². The summed E-state index contributed by atoms with van der Waals surface area (Å²) in [5, 5.41) is 0. The van der Waals surface area contributed by atoms with Gasteiger partial charge in [0.05, 0.1) is 17.2 Å². The lowest BCUT2D eigenvalue weighted by Crippen LogP contribution is -2.20. The molecule has 1 nitrogen and oxygen atoms in total. The highest BCUT2D eigenvalue weighted by Gasteiger charge is 2.40. The van der Waals surface area contributed by atoms with Crippen LogP contribution in [0.4, 0.5) is 30.7 Å². The van der Waals surface area contributed by atoms with E-state index in [1.807, 2.05) is 0 Å². The van der Waals surface area contributed by atoms with Crippen LogP contribution in [0.3, 0.4) is 0 Å². The van der Waals surface area contributed by atoms with Crippen LogP contribution in [-0.4, -0.2) is 0 Å². The van der Waals surface area contributed by atoms with Crippen molar-refractivity contribution in [2.24, 2.45) is 5.73 Å².